The minimum absolute atomic E-state index is 0.138. The van der Waals surface area contributed by atoms with Crippen molar-refractivity contribution >= 4 is 66.4 Å². The summed E-state index contributed by atoms with van der Waals surface area (Å²) in [6.45, 7) is 0. The van der Waals surface area contributed by atoms with Gasteiger partial charge in [-0.15, -0.1) is 0 Å². The van der Waals surface area contributed by atoms with E-state index in [0.29, 0.717) is 23.4 Å². The van der Waals surface area contributed by atoms with Crippen LogP contribution in [0.3, 0.4) is 0 Å². The Morgan fingerprint density at radius 1 is 0.438 bits per heavy atom. The third-order valence-electron chi connectivity index (χ3n) is 8.95. The molecule has 0 N–H and O–H groups in total. The van der Waals surface area contributed by atoms with Crippen molar-refractivity contribution in [2.75, 3.05) is 0 Å². The van der Waals surface area contributed by atoms with E-state index in [1.54, 1.807) is 0 Å². The van der Waals surface area contributed by atoms with Gasteiger partial charge in [-0.2, -0.15) is 0 Å². The summed E-state index contributed by atoms with van der Waals surface area (Å²) in [5, 5.41) is 7.32. The third-order valence-corrected chi connectivity index (χ3v) is 11.5. The van der Waals surface area contributed by atoms with E-state index < -0.39 is 0 Å². The molecule has 10 aromatic rings. The van der Waals surface area contributed by atoms with E-state index in [1.807, 2.05) is 91.0 Å². The first-order valence-corrected chi connectivity index (χ1v) is 17.5. The zero-order valence-corrected chi connectivity index (χ0v) is 27.2. The summed E-state index contributed by atoms with van der Waals surface area (Å²) in [5.41, 5.74) is 5.61. The van der Waals surface area contributed by atoms with Crippen LogP contribution in [-0.2, 0) is 0 Å². The zero-order chi connectivity index (χ0) is 31.6. The number of benzene rings is 7. The molecule has 3 aromatic heterocycles. The van der Waals surface area contributed by atoms with Crippen LogP contribution in [0.15, 0.2) is 150 Å². The average Bonchev–Trinajstić information content (AvgIpc) is 3.77. The van der Waals surface area contributed by atoms with E-state index in [0.717, 1.165) is 33.4 Å². The molecule has 3 heterocycles. The van der Waals surface area contributed by atoms with Gasteiger partial charge in [-0.3, -0.25) is 0 Å². The Bertz CT molecular complexity index is 2770. The fourth-order valence-corrected chi connectivity index (χ4v) is 9.21. The summed E-state index contributed by atoms with van der Waals surface area (Å²) < 4.78 is 8.97. The van der Waals surface area contributed by atoms with Crippen LogP contribution in [0, 0.1) is 0 Å². The average molecular weight is 680 g/mol. The second-order valence-corrected chi connectivity index (χ2v) is 14.1. The number of hydrogen-bond acceptors (Lipinski definition) is 5. The number of nitrogens with zero attached hydrogens (tertiary/aromatic N) is 4. The van der Waals surface area contributed by atoms with Gasteiger partial charge in [-0.1, -0.05) is 12.1 Å². The van der Waals surface area contributed by atoms with Gasteiger partial charge < -0.3 is 0 Å². The quantitative estimate of drug-likeness (QED) is 0.137. The molecule has 0 radical (unpaired) electrons. The zero-order valence-electron chi connectivity index (χ0n) is 25.5. The van der Waals surface area contributed by atoms with Crippen molar-refractivity contribution in [2.45, 2.75) is 0 Å². The van der Waals surface area contributed by atoms with Gasteiger partial charge in [0.1, 0.15) is 0 Å². The summed E-state index contributed by atoms with van der Waals surface area (Å²) in [6, 6.07) is 50.2. The molecule has 0 aliphatic heterocycles. The SMILES string of the molecule is c1ccc(-c2nc(-c3ccccc3)nc(-c3ccc4ccc5c(ccc6c5[se]c5ccc7oc(-c8ccccc8)nc7c56)c4c3)n2)cc1. The molecule has 48 heavy (non-hydrogen) atoms. The number of hydrogen-bond donors (Lipinski definition) is 0. The normalized spacial score (nSPS) is 11.8. The van der Waals surface area contributed by atoms with Crippen LogP contribution in [0.5, 0.6) is 0 Å². The van der Waals surface area contributed by atoms with Gasteiger partial charge >= 0.3 is 270 Å². The van der Waals surface area contributed by atoms with Crippen LogP contribution in [0.4, 0.5) is 0 Å². The van der Waals surface area contributed by atoms with Crippen LogP contribution in [0.2, 0.25) is 0 Å². The molecule has 7 aromatic carbocycles. The van der Waals surface area contributed by atoms with Crippen molar-refractivity contribution in [3.05, 3.63) is 146 Å². The maximum absolute atomic E-state index is 6.25. The van der Waals surface area contributed by atoms with Crippen molar-refractivity contribution in [3.8, 4) is 45.6 Å². The van der Waals surface area contributed by atoms with E-state index in [4.69, 9.17) is 24.4 Å². The topological polar surface area (TPSA) is 64.7 Å². The first-order chi connectivity index (χ1) is 23.8. The van der Waals surface area contributed by atoms with Crippen LogP contribution in [-0.4, -0.2) is 34.4 Å². The van der Waals surface area contributed by atoms with Crippen molar-refractivity contribution in [1.82, 2.24) is 19.9 Å². The molecular weight excluding hydrogens is 655 g/mol. The van der Waals surface area contributed by atoms with E-state index in [-0.39, 0.29) is 14.5 Å². The fraction of sp³-hybridized carbons (Fsp3) is 0. The molecule has 0 saturated heterocycles. The molecule has 0 fully saturated rings. The van der Waals surface area contributed by atoms with Gasteiger partial charge in [0.15, 0.2) is 0 Å². The molecule has 0 atom stereocenters. The molecule has 0 amide bonds. The monoisotopic (exact) mass is 680 g/mol. The van der Waals surface area contributed by atoms with Crippen LogP contribution < -0.4 is 0 Å². The predicted octanol–water partition coefficient (Wildman–Crippen LogP) is 10.4. The van der Waals surface area contributed by atoms with Crippen molar-refractivity contribution in [1.29, 1.82) is 0 Å². The molecule has 0 unspecified atom stereocenters. The Morgan fingerprint density at radius 2 is 1.02 bits per heavy atom. The molecule has 5 nitrogen and oxygen atoms in total. The van der Waals surface area contributed by atoms with Gasteiger partial charge in [-0.25, -0.2) is 0 Å². The van der Waals surface area contributed by atoms with Gasteiger partial charge in [0.2, 0.25) is 0 Å². The first-order valence-electron chi connectivity index (χ1n) is 15.8. The Balaban J connectivity index is 1.16. The molecule has 0 spiro atoms. The number of fused-ring (bicyclic) bond motifs is 9. The summed E-state index contributed by atoms with van der Waals surface area (Å²) in [4.78, 5) is 19.9. The van der Waals surface area contributed by atoms with E-state index >= 15 is 0 Å². The molecule has 10 rings (SSSR count). The maximum atomic E-state index is 6.25. The first kappa shape index (κ1) is 27.2. The van der Waals surface area contributed by atoms with Crippen LogP contribution in [0.1, 0.15) is 0 Å². The van der Waals surface area contributed by atoms with E-state index in [2.05, 4.69) is 54.6 Å². The molecule has 0 aliphatic rings. The third kappa shape index (κ3) is 4.38. The van der Waals surface area contributed by atoms with Crippen molar-refractivity contribution in [3.63, 3.8) is 0 Å². The fourth-order valence-electron chi connectivity index (χ4n) is 6.63. The molecule has 0 aliphatic carbocycles. The Kier molecular flexibility index (Phi) is 6.13. The Morgan fingerprint density at radius 3 is 1.71 bits per heavy atom. The number of rotatable bonds is 4. The van der Waals surface area contributed by atoms with E-state index in [1.165, 1.54) is 40.8 Å². The summed E-state index contributed by atoms with van der Waals surface area (Å²) in [5.74, 6) is 2.63. The standard InChI is InChI=1S/C42H24N4OSe/c1-4-10-26(11-5-1)39-44-40(27-12-6-2-7-13-27)46-41(45-39)29-17-16-25-18-19-31-30(33(25)24-29)20-21-32-36-35(48-38(31)32)23-22-34-37(36)43-42(47-34)28-14-8-3-9-15-28/h1-24H. The summed E-state index contributed by atoms with van der Waals surface area (Å²) >= 11 is 0.138. The second kappa shape index (κ2) is 10.8. The van der Waals surface area contributed by atoms with Gasteiger partial charge in [-0.05, 0) is 0 Å². The summed E-state index contributed by atoms with van der Waals surface area (Å²) in [6.07, 6.45) is 0. The minimum atomic E-state index is 0.138. The van der Waals surface area contributed by atoms with Crippen LogP contribution >= 0.6 is 0 Å². The van der Waals surface area contributed by atoms with Gasteiger partial charge in [0.05, 0.1) is 0 Å². The van der Waals surface area contributed by atoms with Crippen LogP contribution in [0.25, 0.3) is 97.6 Å². The molecular formula is C42H24N4OSe. The molecule has 224 valence electrons. The second-order valence-electron chi connectivity index (χ2n) is 11.8. The Hall–Kier alpha value is -5.94. The molecule has 6 heteroatoms. The van der Waals surface area contributed by atoms with Gasteiger partial charge in [0.25, 0.3) is 0 Å². The molecule has 0 bridgehead atoms. The van der Waals surface area contributed by atoms with Crippen molar-refractivity contribution in [2.24, 2.45) is 0 Å². The Labute approximate surface area is 280 Å². The number of oxazole rings is 1. The van der Waals surface area contributed by atoms with E-state index in [9.17, 15) is 0 Å². The van der Waals surface area contributed by atoms with Crippen molar-refractivity contribution < 1.29 is 4.42 Å². The van der Waals surface area contributed by atoms with Gasteiger partial charge in [0, 0.05) is 0 Å². The number of aromatic nitrogens is 4. The summed E-state index contributed by atoms with van der Waals surface area (Å²) in [7, 11) is 0. The predicted molar refractivity (Wildman–Crippen MR) is 196 cm³/mol. The molecule has 0 saturated carbocycles.